The number of carbonyl (C=O) groups excluding carboxylic acids is 1. The van der Waals surface area contributed by atoms with Gasteiger partial charge in [-0.05, 0) is 49.4 Å². The van der Waals surface area contributed by atoms with E-state index in [0.29, 0.717) is 41.7 Å². The number of benzene rings is 1. The molecule has 3 aromatic heterocycles. The van der Waals surface area contributed by atoms with Crippen LogP contribution in [0.5, 0.6) is 0 Å². The van der Waals surface area contributed by atoms with Crippen molar-refractivity contribution >= 4 is 22.9 Å². The zero-order valence-electron chi connectivity index (χ0n) is 17.0. The molecule has 8 heteroatoms. The number of anilines is 1. The quantitative estimate of drug-likeness (QED) is 0.450. The fraction of sp³-hybridized carbons (Fsp3) is 0.130. The fourth-order valence-corrected chi connectivity index (χ4v) is 3.20. The summed E-state index contributed by atoms with van der Waals surface area (Å²) in [4.78, 5) is 34.1. The molecule has 3 heterocycles. The van der Waals surface area contributed by atoms with Gasteiger partial charge in [-0.3, -0.25) is 14.2 Å². The molecule has 1 aromatic carbocycles. The summed E-state index contributed by atoms with van der Waals surface area (Å²) in [6, 6.07) is 13.5. The van der Waals surface area contributed by atoms with Gasteiger partial charge in [0.25, 0.3) is 11.5 Å². The highest BCUT2D eigenvalue weighted by Gasteiger charge is 2.13. The molecule has 0 aliphatic heterocycles. The molecule has 0 radical (unpaired) electrons. The molecule has 156 valence electrons. The number of aromatic nitrogens is 3. The van der Waals surface area contributed by atoms with E-state index in [1.54, 1.807) is 54.8 Å². The van der Waals surface area contributed by atoms with Gasteiger partial charge in [-0.15, -0.1) is 6.58 Å². The van der Waals surface area contributed by atoms with E-state index >= 15 is 0 Å². The summed E-state index contributed by atoms with van der Waals surface area (Å²) in [5.41, 5.74) is 2.09. The van der Waals surface area contributed by atoms with Gasteiger partial charge in [0.2, 0.25) is 5.95 Å². The standard InChI is InChI=1S/C23H21N5O3/c1-3-12-24-23-26-15(2)19-10-11-20(29)28(21(19)27-23)17-8-6-16(7-9-17)22(30)25-14-18-5-4-13-31-18/h3-11,13H,1,12,14H2,2H3,(H,25,30)(H,24,26,27). The van der Waals surface area contributed by atoms with E-state index < -0.39 is 0 Å². The lowest BCUT2D eigenvalue weighted by Crippen LogP contribution is -2.23. The second kappa shape index (κ2) is 8.66. The molecule has 0 atom stereocenters. The number of pyridine rings is 1. The van der Waals surface area contributed by atoms with Gasteiger partial charge < -0.3 is 15.1 Å². The molecule has 0 unspecified atom stereocenters. The lowest BCUT2D eigenvalue weighted by atomic mass is 10.1. The average Bonchev–Trinajstić information content (AvgIpc) is 3.30. The van der Waals surface area contributed by atoms with E-state index in [0.717, 1.165) is 11.1 Å². The molecule has 0 aliphatic rings. The van der Waals surface area contributed by atoms with Gasteiger partial charge >= 0.3 is 0 Å². The van der Waals surface area contributed by atoms with E-state index in [-0.39, 0.29) is 11.5 Å². The molecule has 31 heavy (non-hydrogen) atoms. The highest BCUT2D eigenvalue weighted by atomic mass is 16.3. The van der Waals surface area contributed by atoms with Gasteiger partial charge in [-0.2, -0.15) is 4.98 Å². The second-order valence-electron chi connectivity index (χ2n) is 6.86. The van der Waals surface area contributed by atoms with Crippen LogP contribution in [0.2, 0.25) is 0 Å². The first kappa shape index (κ1) is 20.1. The molecular formula is C23H21N5O3. The summed E-state index contributed by atoms with van der Waals surface area (Å²) in [5.74, 6) is 0.851. The van der Waals surface area contributed by atoms with E-state index in [1.165, 1.54) is 10.6 Å². The van der Waals surface area contributed by atoms with Crippen LogP contribution in [0.1, 0.15) is 21.8 Å². The molecule has 0 aliphatic carbocycles. The van der Waals surface area contributed by atoms with Crippen molar-refractivity contribution in [3.05, 3.63) is 94.8 Å². The number of aryl methyl sites for hydroxylation is 1. The zero-order chi connectivity index (χ0) is 21.8. The van der Waals surface area contributed by atoms with Gasteiger partial charge in [0.15, 0.2) is 5.65 Å². The van der Waals surface area contributed by atoms with Crippen LogP contribution in [0.15, 0.2) is 76.7 Å². The summed E-state index contributed by atoms with van der Waals surface area (Å²) < 4.78 is 6.73. The van der Waals surface area contributed by atoms with Crippen LogP contribution in [0.4, 0.5) is 5.95 Å². The van der Waals surface area contributed by atoms with Gasteiger partial charge in [0.05, 0.1) is 24.2 Å². The van der Waals surface area contributed by atoms with Crippen LogP contribution in [0.3, 0.4) is 0 Å². The van der Waals surface area contributed by atoms with Crippen molar-refractivity contribution in [2.75, 3.05) is 11.9 Å². The Bertz CT molecular complexity index is 1290. The van der Waals surface area contributed by atoms with Crippen molar-refractivity contribution in [2.24, 2.45) is 0 Å². The normalized spacial score (nSPS) is 10.7. The number of rotatable bonds is 7. The van der Waals surface area contributed by atoms with Crippen molar-refractivity contribution in [3.8, 4) is 5.69 Å². The molecule has 1 amide bonds. The highest BCUT2D eigenvalue weighted by molar-refractivity contribution is 5.94. The van der Waals surface area contributed by atoms with Crippen LogP contribution in [-0.2, 0) is 6.54 Å². The summed E-state index contributed by atoms with van der Waals surface area (Å²) in [5, 5.41) is 6.62. The van der Waals surface area contributed by atoms with Crippen molar-refractivity contribution in [2.45, 2.75) is 13.5 Å². The van der Waals surface area contributed by atoms with E-state index in [2.05, 4.69) is 27.2 Å². The van der Waals surface area contributed by atoms with E-state index in [9.17, 15) is 9.59 Å². The first-order valence-corrected chi connectivity index (χ1v) is 9.73. The highest BCUT2D eigenvalue weighted by Crippen LogP contribution is 2.19. The van der Waals surface area contributed by atoms with Crippen LogP contribution in [0.25, 0.3) is 16.7 Å². The Labute approximate surface area is 178 Å². The van der Waals surface area contributed by atoms with Crippen molar-refractivity contribution in [1.82, 2.24) is 19.9 Å². The third kappa shape index (κ3) is 4.23. The molecular weight excluding hydrogens is 394 g/mol. The van der Waals surface area contributed by atoms with Crippen LogP contribution in [-0.4, -0.2) is 27.0 Å². The number of nitrogens with zero attached hydrogens (tertiary/aromatic N) is 3. The van der Waals surface area contributed by atoms with Crippen molar-refractivity contribution < 1.29 is 9.21 Å². The number of hydrogen-bond acceptors (Lipinski definition) is 6. The SMILES string of the molecule is C=CCNc1nc(C)c2ccc(=O)n(-c3ccc(C(=O)NCc4ccco4)cc3)c2n1. The maximum Gasteiger partial charge on any atom is 0.256 e. The third-order valence-corrected chi connectivity index (χ3v) is 4.74. The summed E-state index contributed by atoms with van der Waals surface area (Å²) in [6.07, 6.45) is 3.26. The minimum atomic E-state index is -0.234. The monoisotopic (exact) mass is 415 g/mol. The van der Waals surface area contributed by atoms with Gasteiger partial charge in [-0.1, -0.05) is 6.08 Å². The maximum absolute atomic E-state index is 12.7. The van der Waals surface area contributed by atoms with Crippen LogP contribution in [0, 0.1) is 6.92 Å². The Balaban J connectivity index is 1.66. The topological polar surface area (TPSA) is 102 Å². The first-order chi connectivity index (χ1) is 15.1. The number of nitrogens with one attached hydrogen (secondary N) is 2. The zero-order valence-corrected chi connectivity index (χ0v) is 17.0. The maximum atomic E-state index is 12.7. The van der Waals surface area contributed by atoms with Crippen LogP contribution >= 0.6 is 0 Å². The Kier molecular flexibility index (Phi) is 5.61. The number of hydrogen-bond donors (Lipinski definition) is 2. The molecule has 8 nitrogen and oxygen atoms in total. The van der Waals surface area contributed by atoms with Crippen LogP contribution < -0.4 is 16.2 Å². The minimum Gasteiger partial charge on any atom is -0.467 e. The number of carbonyl (C=O) groups is 1. The predicted octanol–water partition coefficient (Wildman–Crippen LogP) is 3.21. The van der Waals surface area contributed by atoms with E-state index in [4.69, 9.17) is 4.42 Å². The largest absolute Gasteiger partial charge is 0.467 e. The first-order valence-electron chi connectivity index (χ1n) is 9.73. The number of fused-ring (bicyclic) bond motifs is 1. The molecule has 0 bridgehead atoms. The molecule has 0 saturated carbocycles. The van der Waals surface area contributed by atoms with Crippen molar-refractivity contribution in [1.29, 1.82) is 0 Å². The molecule has 0 fully saturated rings. The third-order valence-electron chi connectivity index (χ3n) is 4.74. The van der Waals surface area contributed by atoms with Gasteiger partial charge in [0.1, 0.15) is 5.76 Å². The molecule has 0 spiro atoms. The Morgan fingerprint density at radius 2 is 1.97 bits per heavy atom. The predicted molar refractivity (Wildman–Crippen MR) is 118 cm³/mol. The second-order valence-corrected chi connectivity index (χ2v) is 6.86. The summed E-state index contributed by atoms with van der Waals surface area (Å²) in [7, 11) is 0. The Hall–Kier alpha value is -4.20. The smallest absolute Gasteiger partial charge is 0.256 e. The Morgan fingerprint density at radius 3 is 2.68 bits per heavy atom. The van der Waals surface area contributed by atoms with Gasteiger partial charge in [-0.25, -0.2) is 4.98 Å². The minimum absolute atomic E-state index is 0.227. The lowest BCUT2D eigenvalue weighted by Gasteiger charge is -2.13. The molecule has 4 aromatic rings. The number of furan rings is 1. The lowest BCUT2D eigenvalue weighted by molar-refractivity contribution is 0.0948. The van der Waals surface area contributed by atoms with Gasteiger partial charge in [0, 0.05) is 23.6 Å². The molecule has 2 N–H and O–H groups in total. The molecule has 0 saturated heterocycles. The summed E-state index contributed by atoms with van der Waals surface area (Å²) >= 11 is 0. The molecule has 4 rings (SSSR count). The average molecular weight is 415 g/mol. The number of amides is 1. The van der Waals surface area contributed by atoms with Crippen molar-refractivity contribution in [3.63, 3.8) is 0 Å². The Morgan fingerprint density at radius 1 is 1.16 bits per heavy atom. The van der Waals surface area contributed by atoms with E-state index in [1.807, 2.05) is 6.92 Å². The fourth-order valence-electron chi connectivity index (χ4n) is 3.20. The summed E-state index contributed by atoms with van der Waals surface area (Å²) in [6.45, 7) is 6.35.